The molecule has 1 aliphatic heterocycles. The molecule has 18 heavy (non-hydrogen) atoms. The van der Waals surface area contributed by atoms with Crippen molar-refractivity contribution in [1.82, 2.24) is 5.32 Å². The monoisotopic (exact) mass is 248 g/mol. The van der Waals surface area contributed by atoms with Gasteiger partial charge in [-0.05, 0) is 30.0 Å². The largest absolute Gasteiger partial charge is 0.395 e. The summed E-state index contributed by atoms with van der Waals surface area (Å²) in [5, 5.41) is 12.9. The van der Waals surface area contributed by atoms with Crippen LogP contribution in [0.1, 0.15) is 19.4 Å². The minimum absolute atomic E-state index is 0.160. The van der Waals surface area contributed by atoms with Crippen LogP contribution >= 0.6 is 0 Å². The molecule has 1 aromatic rings. The lowest BCUT2D eigenvalue weighted by Gasteiger charge is -2.31. The molecule has 3 nitrogen and oxygen atoms in total. The Bertz CT molecular complexity index is 403. The van der Waals surface area contributed by atoms with Crippen molar-refractivity contribution < 1.29 is 5.11 Å². The van der Waals surface area contributed by atoms with Gasteiger partial charge >= 0.3 is 0 Å². The molecule has 1 unspecified atom stereocenters. The number of anilines is 1. The van der Waals surface area contributed by atoms with E-state index in [1.165, 1.54) is 11.3 Å². The second kappa shape index (κ2) is 5.29. The summed E-state index contributed by atoms with van der Waals surface area (Å²) in [5.74, 6) is 0. The Kier molecular flexibility index (Phi) is 3.93. The number of aliphatic hydroxyl groups excluding tert-OH is 1. The zero-order valence-corrected chi connectivity index (χ0v) is 11.6. The van der Waals surface area contributed by atoms with E-state index in [1.807, 2.05) is 0 Å². The number of benzene rings is 1. The number of nitrogens with zero attached hydrogens (tertiary/aromatic N) is 1. The third-order valence-electron chi connectivity index (χ3n) is 3.52. The second-order valence-electron chi connectivity index (χ2n) is 6.14. The van der Waals surface area contributed by atoms with Crippen molar-refractivity contribution in [2.45, 2.75) is 26.8 Å². The highest BCUT2D eigenvalue weighted by molar-refractivity contribution is 5.49. The molecule has 0 radical (unpaired) electrons. The zero-order chi connectivity index (χ0) is 13.2. The van der Waals surface area contributed by atoms with Gasteiger partial charge in [0.15, 0.2) is 0 Å². The van der Waals surface area contributed by atoms with E-state index in [0.717, 1.165) is 19.6 Å². The van der Waals surface area contributed by atoms with Crippen LogP contribution in [0.3, 0.4) is 0 Å². The normalized spacial score (nSPS) is 23.8. The predicted octanol–water partition coefficient (Wildman–Crippen LogP) is 1.79. The van der Waals surface area contributed by atoms with Gasteiger partial charge in [0.25, 0.3) is 0 Å². The fourth-order valence-corrected chi connectivity index (χ4v) is 2.53. The van der Waals surface area contributed by atoms with Crippen LogP contribution in [-0.2, 0) is 0 Å². The maximum atomic E-state index is 9.42. The van der Waals surface area contributed by atoms with Crippen LogP contribution in [0, 0.1) is 12.3 Å². The quantitative estimate of drug-likeness (QED) is 0.837. The highest BCUT2D eigenvalue weighted by atomic mass is 16.3. The average molecular weight is 248 g/mol. The lowest BCUT2D eigenvalue weighted by molar-refractivity contribution is 0.242. The number of nitrogens with one attached hydrogen (secondary N) is 1. The van der Waals surface area contributed by atoms with E-state index in [1.54, 1.807) is 0 Å². The van der Waals surface area contributed by atoms with E-state index in [0.29, 0.717) is 0 Å². The topological polar surface area (TPSA) is 35.5 Å². The maximum Gasteiger partial charge on any atom is 0.0601 e. The summed E-state index contributed by atoms with van der Waals surface area (Å²) >= 11 is 0. The van der Waals surface area contributed by atoms with Gasteiger partial charge in [-0.2, -0.15) is 0 Å². The lowest BCUT2D eigenvalue weighted by atomic mass is 9.93. The first-order valence-electron chi connectivity index (χ1n) is 6.66. The molecule has 0 spiro atoms. The minimum atomic E-state index is 0.160. The summed E-state index contributed by atoms with van der Waals surface area (Å²) in [6.07, 6.45) is 0. The van der Waals surface area contributed by atoms with E-state index in [2.05, 4.69) is 55.3 Å². The third kappa shape index (κ3) is 3.24. The molecule has 1 fully saturated rings. The molecular formula is C15H24N2O. The van der Waals surface area contributed by atoms with E-state index < -0.39 is 0 Å². The van der Waals surface area contributed by atoms with E-state index >= 15 is 0 Å². The number of aryl methyl sites for hydroxylation is 1. The fourth-order valence-electron chi connectivity index (χ4n) is 2.53. The number of rotatable bonds is 2. The summed E-state index contributed by atoms with van der Waals surface area (Å²) in [7, 11) is 0. The van der Waals surface area contributed by atoms with Crippen LogP contribution in [0.2, 0.25) is 0 Å². The summed E-state index contributed by atoms with van der Waals surface area (Å²) in [5.41, 5.74) is 2.75. The van der Waals surface area contributed by atoms with Crippen LogP contribution in [0.5, 0.6) is 0 Å². The van der Waals surface area contributed by atoms with Crippen molar-refractivity contribution >= 4 is 5.69 Å². The highest BCUT2D eigenvalue weighted by Crippen LogP contribution is 2.25. The van der Waals surface area contributed by atoms with Crippen LogP contribution in [0.25, 0.3) is 0 Å². The molecule has 1 heterocycles. The Balaban J connectivity index is 2.23. The van der Waals surface area contributed by atoms with Gasteiger partial charge in [-0.15, -0.1) is 0 Å². The number of hydrogen-bond acceptors (Lipinski definition) is 3. The van der Waals surface area contributed by atoms with Gasteiger partial charge in [-0.3, -0.25) is 0 Å². The summed E-state index contributed by atoms with van der Waals surface area (Å²) in [6, 6.07) is 8.75. The van der Waals surface area contributed by atoms with Gasteiger partial charge in [0.1, 0.15) is 0 Å². The SMILES string of the molecule is Cc1cccc(N2CC(CO)NCC(C)(C)C2)c1. The van der Waals surface area contributed by atoms with Crippen LogP contribution in [-0.4, -0.2) is 37.4 Å². The minimum Gasteiger partial charge on any atom is -0.395 e. The molecule has 2 N–H and O–H groups in total. The lowest BCUT2D eigenvalue weighted by Crippen LogP contribution is -2.40. The van der Waals surface area contributed by atoms with Gasteiger partial charge in [0.2, 0.25) is 0 Å². The molecule has 0 aliphatic carbocycles. The number of hydrogen-bond donors (Lipinski definition) is 2. The van der Waals surface area contributed by atoms with Gasteiger partial charge in [0.05, 0.1) is 6.61 Å². The van der Waals surface area contributed by atoms with E-state index in [4.69, 9.17) is 0 Å². The summed E-state index contributed by atoms with van der Waals surface area (Å²) < 4.78 is 0. The van der Waals surface area contributed by atoms with Crippen molar-refractivity contribution in [3.05, 3.63) is 29.8 Å². The first-order valence-corrected chi connectivity index (χ1v) is 6.66. The molecule has 2 rings (SSSR count). The molecule has 0 amide bonds. The fraction of sp³-hybridized carbons (Fsp3) is 0.600. The van der Waals surface area contributed by atoms with Crippen LogP contribution in [0.4, 0.5) is 5.69 Å². The summed E-state index contributed by atoms with van der Waals surface area (Å²) in [4.78, 5) is 2.38. The van der Waals surface area contributed by atoms with Gasteiger partial charge in [-0.1, -0.05) is 26.0 Å². The first-order chi connectivity index (χ1) is 8.50. The summed E-state index contributed by atoms with van der Waals surface area (Å²) in [6.45, 7) is 9.67. The molecule has 0 aromatic heterocycles. The van der Waals surface area contributed by atoms with Crippen LogP contribution < -0.4 is 10.2 Å². The third-order valence-corrected chi connectivity index (χ3v) is 3.52. The standard InChI is InChI=1S/C15H24N2O/c1-12-5-4-6-14(7-12)17-8-13(9-18)16-10-15(2,3)11-17/h4-7,13,16,18H,8-11H2,1-3H3. The Morgan fingerprint density at radius 1 is 1.44 bits per heavy atom. The molecule has 0 saturated carbocycles. The average Bonchev–Trinajstić information content (AvgIpc) is 2.47. The van der Waals surface area contributed by atoms with Crippen molar-refractivity contribution in [2.75, 3.05) is 31.1 Å². The van der Waals surface area contributed by atoms with Gasteiger partial charge in [0, 0.05) is 31.4 Å². The van der Waals surface area contributed by atoms with E-state index in [9.17, 15) is 5.11 Å². The van der Waals surface area contributed by atoms with Crippen LogP contribution in [0.15, 0.2) is 24.3 Å². The van der Waals surface area contributed by atoms with Gasteiger partial charge < -0.3 is 15.3 Å². The smallest absolute Gasteiger partial charge is 0.0601 e. The van der Waals surface area contributed by atoms with Crippen molar-refractivity contribution in [1.29, 1.82) is 0 Å². The predicted molar refractivity (Wildman–Crippen MR) is 76.0 cm³/mol. The molecule has 3 heteroatoms. The van der Waals surface area contributed by atoms with E-state index in [-0.39, 0.29) is 18.1 Å². The van der Waals surface area contributed by atoms with Crippen molar-refractivity contribution in [2.24, 2.45) is 5.41 Å². The second-order valence-corrected chi connectivity index (χ2v) is 6.14. The Labute approximate surface area is 110 Å². The molecule has 1 aliphatic rings. The zero-order valence-electron chi connectivity index (χ0n) is 11.6. The van der Waals surface area contributed by atoms with Crippen molar-refractivity contribution in [3.63, 3.8) is 0 Å². The molecule has 1 atom stereocenters. The Hall–Kier alpha value is -1.06. The molecule has 100 valence electrons. The Morgan fingerprint density at radius 3 is 2.89 bits per heavy atom. The highest BCUT2D eigenvalue weighted by Gasteiger charge is 2.28. The molecule has 0 bridgehead atoms. The first kappa shape index (κ1) is 13.4. The van der Waals surface area contributed by atoms with Gasteiger partial charge in [-0.25, -0.2) is 0 Å². The maximum absolute atomic E-state index is 9.42. The number of aliphatic hydroxyl groups is 1. The molecular weight excluding hydrogens is 224 g/mol. The van der Waals surface area contributed by atoms with Crippen molar-refractivity contribution in [3.8, 4) is 0 Å². The Morgan fingerprint density at radius 2 is 2.22 bits per heavy atom. The molecule has 1 saturated heterocycles. The molecule has 1 aromatic carbocycles.